The van der Waals surface area contributed by atoms with Crippen molar-refractivity contribution in [3.63, 3.8) is 0 Å². The highest BCUT2D eigenvalue weighted by Crippen LogP contribution is 2.31. The monoisotopic (exact) mass is 569 g/mol. The van der Waals surface area contributed by atoms with Gasteiger partial charge in [-0.2, -0.15) is 0 Å². The van der Waals surface area contributed by atoms with E-state index >= 15 is 0 Å². The van der Waals surface area contributed by atoms with Crippen LogP contribution in [0.25, 0.3) is 0 Å². The van der Waals surface area contributed by atoms with E-state index in [4.69, 9.17) is 11.6 Å². The summed E-state index contributed by atoms with van der Waals surface area (Å²) in [5, 5.41) is 0.359. The number of halogens is 1. The zero-order valence-corrected chi connectivity index (χ0v) is 23.1. The van der Waals surface area contributed by atoms with Gasteiger partial charge in [0, 0.05) is 36.0 Å². The average molecular weight is 570 g/mol. The first-order chi connectivity index (χ1) is 18.0. The topological polar surface area (TPSA) is 104 Å². The molecule has 5 rings (SSSR count). The number of carbonyl (C=O) groups is 3. The molecule has 0 radical (unpaired) electrons. The third-order valence-corrected chi connectivity index (χ3v) is 10.3. The van der Waals surface area contributed by atoms with E-state index in [9.17, 15) is 22.8 Å². The summed E-state index contributed by atoms with van der Waals surface area (Å²) < 4.78 is 25.2. The molecule has 2 aliphatic rings. The minimum absolute atomic E-state index is 0.0708. The molecule has 0 saturated heterocycles. The van der Waals surface area contributed by atoms with E-state index in [1.54, 1.807) is 37.3 Å². The number of hydrogen-bond donors (Lipinski definition) is 0. The maximum absolute atomic E-state index is 13.2. The van der Waals surface area contributed by atoms with Gasteiger partial charge < -0.3 is 4.90 Å². The van der Waals surface area contributed by atoms with Crippen molar-refractivity contribution in [2.24, 2.45) is 4.99 Å². The van der Waals surface area contributed by atoms with Crippen molar-refractivity contribution in [3.8, 4) is 0 Å². The number of thiophene rings is 1. The van der Waals surface area contributed by atoms with Gasteiger partial charge in [0.25, 0.3) is 5.91 Å². The van der Waals surface area contributed by atoms with E-state index in [2.05, 4.69) is 4.99 Å². The summed E-state index contributed by atoms with van der Waals surface area (Å²) in [4.78, 5) is 47.1. The maximum Gasteiger partial charge on any atom is 0.265 e. The summed E-state index contributed by atoms with van der Waals surface area (Å²) in [6.07, 6.45) is -0.0142. The lowest BCUT2D eigenvalue weighted by Gasteiger charge is -2.27. The van der Waals surface area contributed by atoms with Gasteiger partial charge in [-0.15, -0.1) is 11.3 Å². The highest BCUT2D eigenvalue weighted by Gasteiger charge is 2.33. The molecule has 2 amide bonds. The lowest BCUT2D eigenvalue weighted by Crippen LogP contribution is -2.42. The molecule has 11 heteroatoms. The van der Waals surface area contributed by atoms with Crippen LogP contribution in [0, 0.1) is 6.92 Å². The number of Topliss-reactive ketones (excluding diaryl/α,β-unsaturated/α-hetero) is 1. The number of anilines is 1. The summed E-state index contributed by atoms with van der Waals surface area (Å²) in [5.41, 5.74) is 2.98. The van der Waals surface area contributed by atoms with Crippen molar-refractivity contribution in [3.05, 3.63) is 80.7 Å². The number of carbonyl (C=O) groups excluding carboxylic acids is 3. The van der Waals surface area contributed by atoms with Gasteiger partial charge in [0.1, 0.15) is 15.8 Å². The van der Waals surface area contributed by atoms with E-state index in [0.29, 0.717) is 32.3 Å². The van der Waals surface area contributed by atoms with Gasteiger partial charge in [0.05, 0.1) is 23.7 Å². The molecule has 196 valence electrons. The Morgan fingerprint density at radius 1 is 1.11 bits per heavy atom. The third-order valence-electron chi connectivity index (χ3n) is 6.53. The predicted molar refractivity (Wildman–Crippen MR) is 147 cm³/mol. The highest BCUT2D eigenvalue weighted by molar-refractivity contribution is 7.94. The van der Waals surface area contributed by atoms with Crippen LogP contribution in [-0.4, -0.2) is 62.6 Å². The first-order valence-electron chi connectivity index (χ1n) is 11.9. The van der Waals surface area contributed by atoms with E-state index in [-0.39, 0.29) is 23.0 Å². The van der Waals surface area contributed by atoms with Crippen molar-refractivity contribution in [1.82, 2.24) is 4.90 Å². The van der Waals surface area contributed by atoms with Crippen LogP contribution in [0.5, 0.6) is 0 Å². The van der Waals surface area contributed by atoms with Gasteiger partial charge in [-0.25, -0.2) is 13.3 Å². The Balaban J connectivity index is 1.29. The number of rotatable bonds is 7. The Morgan fingerprint density at radius 3 is 2.47 bits per heavy atom. The molecule has 0 unspecified atom stereocenters. The molecule has 0 atom stereocenters. The number of benzene rings is 2. The fraction of sp³-hybridized carbons (Fsp3) is 0.259. The van der Waals surface area contributed by atoms with Crippen LogP contribution < -0.4 is 4.90 Å². The molecule has 0 fully saturated rings. The second-order valence-corrected chi connectivity index (χ2v) is 13.2. The molecule has 3 aromatic rings. The molecule has 0 aliphatic carbocycles. The number of nitrogens with zero attached hydrogens (tertiary/aromatic N) is 3. The molecule has 0 bridgehead atoms. The van der Waals surface area contributed by atoms with Crippen molar-refractivity contribution in [2.45, 2.75) is 24.0 Å². The first kappa shape index (κ1) is 26.3. The largest absolute Gasteiger partial charge is 0.358 e. The molecule has 3 heterocycles. The van der Waals surface area contributed by atoms with Gasteiger partial charge in [0.2, 0.25) is 5.91 Å². The SMILES string of the molecule is Cc1sc(S(=O)(=O)CC(=O)Cc2ccc(N3C(=O)Cc4cc(C5=NCCN5C)ccc4C3=O)cc2)cc1Cl. The van der Waals surface area contributed by atoms with Crippen molar-refractivity contribution < 1.29 is 22.8 Å². The standard InChI is InChI=1S/C27H24ClN3O5S2/c1-16-23(28)14-25(37-16)38(35,36)15-21(32)11-17-3-6-20(7-4-17)31-24(33)13-19-12-18(5-8-22(19)27(31)34)26-29-9-10-30(26)2/h3-8,12,14H,9-11,13,15H2,1-2H3. The van der Waals surface area contributed by atoms with Crippen molar-refractivity contribution in [1.29, 1.82) is 0 Å². The average Bonchev–Trinajstić information content (AvgIpc) is 3.44. The number of likely N-dealkylation sites (N-methyl/N-ethyl adjacent to an activating group) is 1. The maximum atomic E-state index is 13.2. The molecule has 0 saturated carbocycles. The number of sulfone groups is 1. The Morgan fingerprint density at radius 2 is 1.84 bits per heavy atom. The molecule has 2 aliphatic heterocycles. The second-order valence-electron chi connectivity index (χ2n) is 9.32. The zero-order chi connectivity index (χ0) is 27.2. The summed E-state index contributed by atoms with van der Waals surface area (Å²) in [7, 11) is -1.83. The summed E-state index contributed by atoms with van der Waals surface area (Å²) in [6.45, 7) is 3.27. The highest BCUT2D eigenvalue weighted by atomic mass is 35.5. The first-order valence-corrected chi connectivity index (χ1v) is 14.7. The van der Waals surface area contributed by atoms with Gasteiger partial charge in [-0.1, -0.05) is 29.8 Å². The molecule has 2 aromatic carbocycles. The molecular weight excluding hydrogens is 546 g/mol. The predicted octanol–water partition coefficient (Wildman–Crippen LogP) is 3.72. The van der Waals surface area contributed by atoms with E-state index in [1.807, 2.05) is 24.1 Å². The minimum Gasteiger partial charge on any atom is -0.358 e. The lowest BCUT2D eigenvalue weighted by atomic mass is 9.95. The summed E-state index contributed by atoms with van der Waals surface area (Å²) in [6, 6.07) is 13.2. The number of ketones is 1. The van der Waals surface area contributed by atoms with E-state index in [0.717, 1.165) is 40.7 Å². The van der Waals surface area contributed by atoms with Gasteiger partial charge >= 0.3 is 0 Å². The number of aliphatic imine (C=N–C) groups is 1. The Labute approximate surface area is 229 Å². The number of imide groups is 1. The Kier molecular flexibility index (Phi) is 6.97. The van der Waals surface area contributed by atoms with Crippen LogP contribution in [0.1, 0.15) is 31.9 Å². The van der Waals surface area contributed by atoms with Crippen molar-refractivity contribution >= 4 is 61.9 Å². The van der Waals surface area contributed by atoms with Crippen LogP contribution in [-0.2, 0) is 32.3 Å². The molecule has 38 heavy (non-hydrogen) atoms. The molecule has 1 aromatic heterocycles. The fourth-order valence-corrected chi connectivity index (χ4v) is 7.60. The smallest absolute Gasteiger partial charge is 0.265 e. The quantitative estimate of drug-likeness (QED) is 0.402. The Bertz CT molecular complexity index is 1590. The lowest BCUT2D eigenvalue weighted by molar-refractivity contribution is -0.118. The zero-order valence-electron chi connectivity index (χ0n) is 20.7. The van der Waals surface area contributed by atoms with Gasteiger partial charge in [-0.3, -0.25) is 19.4 Å². The molecule has 8 nitrogen and oxygen atoms in total. The van der Waals surface area contributed by atoms with Crippen LogP contribution in [0.2, 0.25) is 5.02 Å². The van der Waals surface area contributed by atoms with E-state index < -0.39 is 27.3 Å². The number of amidine groups is 1. The number of fused-ring (bicyclic) bond motifs is 1. The fourth-order valence-electron chi connectivity index (χ4n) is 4.58. The third kappa shape index (κ3) is 5.03. The van der Waals surface area contributed by atoms with Crippen LogP contribution in [0.3, 0.4) is 0 Å². The van der Waals surface area contributed by atoms with Crippen LogP contribution in [0.4, 0.5) is 5.69 Å². The van der Waals surface area contributed by atoms with Crippen LogP contribution >= 0.6 is 22.9 Å². The van der Waals surface area contributed by atoms with Crippen molar-refractivity contribution in [2.75, 3.05) is 30.8 Å². The molecular formula is C27H24ClN3O5S2. The Hall–Kier alpha value is -3.34. The number of aryl methyl sites for hydroxylation is 1. The van der Waals surface area contributed by atoms with Crippen LogP contribution in [0.15, 0.2) is 57.7 Å². The summed E-state index contributed by atoms with van der Waals surface area (Å²) >= 11 is 7.01. The van der Waals surface area contributed by atoms with Gasteiger partial charge in [0.15, 0.2) is 15.6 Å². The second kappa shape index (κ2) is 10.1. The summed E-state index contributed by atoms with van der Waals surface area (Å²) in [5.74, 6) is -1.00. The number of amides is 2. The van der Waals surface area contributed by atoms with Gasteiger partial charge in [-0.05, 0) is 48.4 Å². The normalized spacial score (nSPS) is 15.6. The number of hydrogen-bond acceptors (Lipinski definition) is 8. The molecule has 0 N–H and O–H groups in total. The van der Waals surface area contributed by atoms with E-state index in [1.165, 1.54) is 6.07 Å². The minimum atomic E-state index is -3.78. The molecule has 0 spiro atoms.